The summed E-state index contributed by atoms with van der Waals surface area (Å²) in [5, 5.41) is 57.1. The van der Waals surface area contributed by atoms with Crippen LogP contribution in [0.25, 0.3) is 0 Å². The zero-order valence-electron chi connectivity index (χ0n) is 52.2. The lowest BCUT2D eigenvalue weighted by Crippen LogP contribution is -2.61. The summed E-state index contributed by atoms with van der Waals surface area (Å²) in [4.78, 5) is 26.6. The molecular weight excluding hydrogens is 1000 g/mol. The number of nitrogens with one attached hydrogen (secondary N) is 1. The average Bonchev–Trinajstić information content (AvgIpc) is 3.46. The Labute approximate surface area is 492 Å². The van der Waals surface area contributed by atoms with Crippen LogP contribution in [0.3, 0.4) is 0 Å². The molecule has 0 aromatic heterocycles. The zero-order chi connectivity index (χ0) is 58.2. The summed E-state index contributed by atoms with van der Waals surface area (Å²) in [5.41, 5.74) is 0. The van der Waals surface area contributed by atoms with Crippen molar-refractivity contribution in [3.8, 4) is 0 Å². The van der Waals surface area contributed by atoms with Gasteiger partial charge in [0.05, 0.1) is 25.4 Å². The number of ether oxygens (including phenoxy) is 3. The molecule has 0 spiro atoms. The standard InChI is InChI=1S/C69H129NO10/c1-4-7-10-13-16-19-22-25-27-28-29-30-31-32-33-34-35-36-37-39-42-45-48-51-54-57-64(74)80-67-66(76)65(75)63(58-71)79-69(67)78-59-60(61(72)55-52-49-46-43-40-24-21-18-15-12-9-6-3)70-68(77)62(73)56-53-50-47-44-41-38-26-23-20-17-14-11-8-5-2/h20,23,25,27,52,55,60-63,65-67,69,71-73,75-76H,4-19,21-22,24,26,28-51,53-54,56-59H2,1-3H3,(H,70,77)/b23-20-,27-25+,55-52+. The van der Waals surface area contributed by atoms with Gasteiger partial charge in [0.15, 0.2) is 12.4 Å². The molecule has 8 atom stereocenters. The Bertz CT molecular complexity index is 1440. The van der Waals surface area contributed by atoms with Crippen LogP contribution in [-0.4, -0.2) is 99.6 Å². The molecule has 0 saturated carbocycles. The fraction of sp³-hybridized carbons (Fsp3) is 0.884. The first-order valence-corrected chi connectivity index (χ1v) is 34.3. The molecule has 8 unspecified atom stereocenters. The molecule has 0 radical (unpaired) electrons. The smallest absolute Gasteiger partial charge is 0.306 e. The van der Waals surface area contributed by atoms with Crippen LogP contribution in [-0.2, 0) is 23.8 Å². The van der Waals surface area contributed by atoms with Crippen molar-refractivity contribution in [2.75, 3.05) is 13.2 Å². The third-order valence-corrected chi connectivity index (χ3v) is 16.3. The zero-order valence-corrected chi connectivity index (χ0v) is 52.2. The number of amides is 1. The highest BCUT2D eigenvalue weighted by atomic mass is 16.7. The molecular formula is C69H129NO10. The normalized spacial score (nSPS) is 18.9. The number of esters is 1. The molecule has 1 aliphatic heterocycles. The van der Waals surface area contributed by atoms with E-state index in [1.54, 1.807) is 6.08 Å². The van der Waals surface area contributed by atoms with Gasteiger partial charge in [0.25, 0.3) is 0 Å². The SMILES string of the molecule is CCCCCC/C=C\CCCCCCCCC(O)C(=O)NC(COC1OC(CO)C(O)C(O)C1OC(=O)CCCCCCCCCCCCCCCCC/C=C/CCCCCCCC)C(O)/C=C/CCCCCCCCCCCC. The second-order valence-electron chi connectivity index (χ2n) is 23.9. The quantitative estimate of drug-likeness (QED) is 0.0195. The van der Waals surface area contributed by atoms with Crippen molar-refractivity contribution in [2.24, 2.45) is 0 Å². The first-order valence-electron chi connectivity index (χ1n) is 34.3. The largest absolute Gasteiger partial charge is 0.454 e. The Morgan fingerprint density at radius 1 is 0.475 bits per heavy atom. The fourth-order valence-electron chi connectivity index (χ4n) is 10.8. The minimum atomic E-state index is -1.61. The van der Waals surface area contributed by atoms with Gasteiger partial charge in [-0.15, -0.1) is 0 Å². The van der Waals surface area contributed by atoms with Gasteiger partial charge >= 0.3 is 5.97 Å². The van der Waals surface area contributed by atoms with Gasteiger partial charge in [-0.25, -0.2) is 0 Å². The highest BCUT2D eigenvalue weighted by molar-refractivity contribution is 5.80. The molecule has 1 saturated heterocycles. The summed E-state index contributed by atoms with van der Waals surface area (Å²) >= 11 is 0. The molecule has 1 fully saturated rings. The second-order valence-corrected chi connectivity index (χ2v) is 23.9. The highest BCUT2D eigenvalue weighted by Crippen LogP contribution is 2.26. The van der Waals surface area contributed by atoms with Crippen LogP contribution in [0.15, 0.2) is 36.5 Å². The Morgan fingerprint density at radius 3 is 1.23 bits per heavy atom. The van der Waals surface area contributed by atoms with Crippen LogP contribution in [0.4, 0.5) is 0 Å². The summed E-state index contributed by atoms with van der Waals surface area (Å²) in [6.07, 6.45) is 59.1. The molecule has 11 nitrogen and oxygen atoms in total. The Balaban J connectivity index is 2.55. The summed E-state index contributed by atoms with van der Waals surface area (Å²) in [6.45, 7) is 5.80. The van der Waals surface area contributed by atoms with E-state index in [0.29, 0.717) is 12.8 Å². The topological polar surface area (TPSA) is 175 Å². The first-order chi connectivity index (χ1) is 39.2. The molecule has 0 aromatic carbocycles. The van der Waals surface area contributed by atoms with Crippen LogP contribution in [0.5, 0.6) is 0 Å². The third kappa shape index (κ3) is 44.4. The van der Waals surface area contributed by atoms with Gasteiger partial charge in [0, 0.05) is 6.42 Å². The number of aliphatic hydroxyl groups excluding tert-OH is 5. The van der Waals surface area contributed by atoms with E-state index in [2.05, 4.69) is 50.4 Å². The molecule has 0 aliphatic carbocycles. The number of aliphatic hydroxyl groups is 5. The molecule has 6 N–H and O–H groups in total. The third-order valence-electron chi connectivity index (χ3n) is 16.3. The minimum Gasteiger partial charge on any atom is -0.454 e. The van der Waals surface area contributed by atoms with Gasteiger partial charge in [0.1, 0.15) is 24.4 Å². The monoisotopic (exact) mass is 1130 g/mol. The lowest BCUT2D eigenvalue weighted by molar-refractivity contribution is -0.305. The number of unbranched alkanes of at least 4 members (excludes halogenated alkanes) is 41. The van der Waals surface area contributed by atoms with Crippen molar-refractivity contribution in [1.82, 2.24) is 5.32 Å². The van der Waals surface area contributed by atoms with E-state index in [9.17, 15) is 35.1 Å². The number of carbonyl (C=O) groups is 2. The van der Waals surface area contributed by atoms with Crippen molar-refractivity contribution in [2.45, 2.75) is 378 Å². The summed E-state index contributed by atoms with van der Waals surface area (Å²) < 4.78 is 17.7. The fourth-order valence-corrected chi connectivity index (χ4v) is 10.8. The van der Waals surface area contributed by atoms with E-state index in [0.717, 1.165) is 70.6 Å². The Kier molecular flexibility index (Phi) is 54.4. The lowest BCUT2D eigenvalue weighted by atomic mass is 9.99. The van der Waals surface area contributed by atoms with Crippen LogP contribution < -0.4 is 5.32 Å². The van der Waals surface area contributed by atoms with Gasteiger partial charge in [-0.1, -0.05) is 282 Å². The molecule has 1 heterocycles. The van der Waals surface area contributed by atoms with E-state index in [1.165, 1.54) is 212 Å². The summed E-state index contributed by atoms with van der Waals surface area (Å²) in [5.74, 6) is -1.19. The van der Waals surface area contributed by atoms with Crippen molar-refractivity contribution >= 4 is 11.9 Å². The van der Waals surface area contributed by atoms with Crippen molar-refractivity contribution in [3.05, 3.63) is 36.5 Å². The van der Waals surface area contributed by atoms with E-state index < -0.39 is 67.4 Å². The molecule has 470 valence electrons. The van der Waals surface area contributed by atoms with Gasteiger partial charge in [-0.05, 0) is 77.0 Å². The number of hydrogen-bond acceptors (Lipinski definition) is 10. The maximum atomic E-state index is 13.4. The Hall–Kier alpha value is -2.12. The summed E-state index contributed by atoms with van der Waals surface area (Å²) in [6, 6.07) is -1.02. The van der Waals surface area contributed by atoms with E-state index in [-0.39, 0.29) is 19.4 Å². The second kappa shape index (κ2) is 57.3. The highest BCUT2D eigenvalue weighted by Gasteiger charge is 2.47. The molecule has 0 aromatic rings. The van der Waals surface area contributed by atoms with Crippen molar-refractivity contribution < 1.29 is 49.3 Å². The molecule has 0 bridgehead atoms. The average molecular weight is 1130 g/mol. The van der Waals surface area contributed by atoms with Crippen molar-refractivity contribution in [3.63, 3.8) is 0 Å². The van der Waals surface area contributed by atoms with E-state index >= 15 is 0 Å². The number of allylic oxidation sites excluding steroid dienone is 5. The lowest BCUT2D eigenvalue weighted by Gasteiger charge is -2.41. The van der Waals surface area contributed by atoms with Crippen LogP contribution in [0, 0.1) is 0 Å². The van der Waals surface area contributed by atoms with Gasteiger partial charge in [0.2, 0.25) is 5.91 Å². The van der Waals surface area contributed by atoms with E-state index in [4.69, 9.17) is 14.2 Å². The summed E-state index contributed by atoms with van der Waals surface area (Å²) in [7, 11) is 0. The molecule has 1 aliphatic rings. The van der Waals surface area contributed by atoms with Crippen LogP contribution in [0.2, 0.25) is 0 Å². The first kappa shape index (κ1) is 75.9. The minimum absolute atomic E-state index is 0.127. The predicted molar refractivity (Wildman–Crippen MR) is 334 cm³/mol. The predicted octanol–water partition coefficient (Wildman–Crippen LogP) is 17.0. The van der Waals surface area contributed by atoms with Gasteiger partial charge in [-0.2, -0.15) is 0 Å². The number of hydrogen-bond donors (Lipinski definition) is 6. The maximum Gasteiger partial charge on any atom is 0.306 e. The Morgan fingerprint density at radius 2 is 0.825 bits per heavy atom. The van der Waals surface area contributed by atoms with Gasteiger partial charge in [-0.3, -0.25) is 9.59 Å². The van der Waals surface area contributed by atoms with Crippen molar-refractivity contribution in [1.29, 1.82) is 0 Å². The van der Waals surface area contributed by atoms with Crippen LogP contribution in [0.1, 0.15) is 329 Å². The number of rotatable bonds is 59. The molecule has 1 amide bonds. The van der Waals surface area contributed by atoms with Gasteiger partial charge < -0.3 is 45.1 Å². The maximum absolute atomic E-state index is 13.4. The molecule has 11 heteroatoms. The van der Waals surface area contributed by atoms with E-state index in [1.807, 2.05) is 6.08 Å². The van der Waals surface area contributed by atoms with Crippen LogP contribution >= 0.6 is 0 Å². The molecule has 80 heavy (non-hydrogen) atoms. The number of carbonyl (C=O) groups excluding carboxylic acids is 2. The molecule has 1 rings (SSSR count).